The Balaban J connectivity index is 2.35. The second kappa shape index (κ2) is 4.11. The monoisotopic (exact) mass is 258 g/mol. The Labute approximate surface area is 102 Å². The van der Waals surface area contributed by atoms with Crippen LogP contribution in [0.15, 0.2) is 30.3 Å². The van der Waals surface area contributed by atoms with Crippen molar-refractivity contribution < 1.29 is 18.7 Å². The fourth-order valence-electron chi connectivity index (χ4n) is 1.71. The first kappa shape index (κ1) is 12.0. The molecule has 0 radical (unpaired) electrons. The van der Waals surface area contributed by atoms with Crippen molar-refractivity contribution in [3.05, 3.63) is 40.9 Å². The number of allylic oxidation sites excluding steroid dienone is 1. The van der Waals surface area contributed by atoms with Gasteiger partial charge in [0, 0.05) is 17.5 Å². The molecular weight excluding hydrogens is 250 g/mol. The maximum atomic E-state index is 13.0. The van der Waals surface area contributed by atoms with Gasteiger partial charge in [0.15, 0.2) is 0 Å². The van der Waals surface area contributed by atoms with E-state index in [0.717, 1.165) is 6.08 Å². The Kier molecular flexibility index (Phi) is 2.91. The Morgan fingerprint density at radius 2 is 1.94 bits per heavy atom. The molecule has 5 heteroatoms. The van der Waals surface area contributed by atoms with E-state index in [9.17, 15) is 13.6 Å². The lowest BCUT2D eigenvalue weighted by Crippen LogP contribution is -2.00. The molecule has 1 unspecified atom stereocenters. The molecule has 0 amide bonds. The average Bonchev–Trinajstić information content (AvgIpc) is 2.85. The molecule has 17 heavy (non-hydrogen) atoms. The summed E-state index contributed by atoms with van der Waals surface area (Å²) in [6.45, 7) is 0. The maximum Gasteiger partial charge on any atom is 0.328 e. The molecule has 1 aromatic carbocycles. The van der Waals surface area contributed by atoms with Crippen LogP contribution in [0, 0.1) is 5.92 Å². The third-order valence-electron chi connectivity index (χ3n) is 2.66. The Bertz CT molecular complexity index is 480. The number of hydrogen-bond acceptors (Lipinski definition) is 1. The lowest BCUT2D eigenvalue weighted by atomic mass is 10.0. The second-order valence-corrected chi connectivity index (χ2v) is 4.40. The normalized spacial score (nSPS) is 22.3. The molecule has 0 aromatic heterocycles. The number of rotatable bonds is 3. The third-order valence-corrected chi connectivity index (χ3v) is 2.91. The highest BCUT2D eigenvalue weighted by atomic mass is 35.5. The molecule has 90 valence electrons. The van der Waals surface area contributed by atoms with Crippen molar-refractivity contribution in [3.63, 3.8) is 0 Å². The SMILES string of the molecule is O=C(O)/C=C(\c1ccc(Cl)cc1)C1CC1(F)F. The number of benzene rings is 1. The van der Waals surface area contributed by atoms with Gasteiger partial charge in [0.1, 0.15) is 0 Å². The van der Waals surface area contributed by atoms with Crippen molar-refractivity contribution >= 4 is 23.1 Å². The van der Waals surface area contributed by atoms with Crippen LogP contribution in [0.2, 0.25) is 5.02 Å². The minimum atomic E-state index is -2.79. The second-order valence-electron chi connectivity index (χ2n) is 3.96. The Hall–Kier alpha value is -1.42. The predicted molar refractivity (Wildman–Crippen MR) is 60.1 cm³/mol. The summed E-state index contributed by atoms with van der Waals surface area (Å²) in [5, 5.41) is 9.18. The van der Waals surface area contributed by atoms with Gasteiger partial charge in [-0.05, 0) is 23.3 Å². The van der Waals surface area contributed by atoms with Crippen LogP contribution in [-0.2, 0) is 4.79 Å². The first-order chi connectivity index (χ1) is 7.90. The van der Waals surface area contributed by atoms with Crippen LogP contribution in [0.3, 0.4) is 0 Å². The summed E-state index contributed by atoms with van der Waals surface area (Å²) in [6.07, 6.45) is 0.545. The lowest BCUT2D eigenvalue weighted by Gasteiger charge is -2.06. The van der Waals surface area contributed by atoms with E-state index in [2.05, 4.69) is 0 Å². The van der Waals surface area contributed by atoms with E-state index in [0.29, 0.717) is 10.6 Å². The van der Waals surface area contributed by atoms with Crippen LogP contribution in [-0.4, -0.2) is 17.0 Å². The molecular formula is C12H9ClF2O2. The molecule has 0 aliphatic heterocycles. The molecule has 2 rings (SSSR count). The Morgan fingerprint density at radius 3 is 2.35 bits per heavy atom. The quantitative estimate of drug-likeness (QED) is 0.843. The predicted octanol–water partition coefficient (Wildman–Crippen LogP) is 3.46. The van der Waals surface area contributed by atoms with E-state index in [1.54, 1.807) is 24.3 Å². The molecule has 1 N–H and O–H groups in total. The minimum Gasteiger partial charge on any atom is -0.478 e. The summed E-state index contributed by atoms with van der Waals surface area (Å²) in [7, 11) is 0. The van der Waals surface area contributed by atoms with Crippen molar-refractivity contribution in [1.82, 2.24) is 0 Å². The fraction of sp³-hybridized carbons (Fsp3) is 0.250. The summed E-state index contributed by atoms with van der Waals surface area (Å²) in [5.74, 6) is -5.02. The summed E-state index contributed by atoms with van der Waals surface area (Å²) in [5.41, 5.74) is 0.623. The van der Waals surface area contributed by atoms with E-state index in [1.165, 1.54) is 0 Å². The molecule has 2 nitrogen and oxygen atoms in total. The molecule has 1 aliphatic rings. The zero-order chi connectivity index (χ0) is 12.6. The molecule has 1 saturated carbocycles. The number of halogens is 3. The van der Waals surface area contributed by atoms with Gasteiger partial charge >= 0.3 is 5.97 Å². The van der Waals surface area contributed by atoms with Gasteiger partial charge in [-0.2, -0.15) is 0 Å². The van der Waals surface area contributed by atoms with Gasteiger partial charge in [-0.15, -0.1) is 0 Å². The zero-order valence-electron chi connectivity index (χ0n) is 8.66. The van der Waals surface area contributed by atoms with Crippen LogP contribution in [0.4, 0.5) is 8.78 Å². The summed E-state index contributed by atoms with van der Waals surface area (Å²) in [6, 6.07) is 6.19. The number of hydrogen-bond donors (Lipinski definition) is 1. The smallest absolute Gasteiger partial charge is 0.328 e. The van der Waals surface area contributed by atoms with Gasteiger partial charge in [0.25, 0.3) is 5.92 Å². The molecule has 0 spiro atoms. The maximum absolute atomic E-state index is 13.0. The third kappa shape index (κ3) is 2.64. The van der Waals surface area contributed by atoms with E-state index in [-0.39, 0.29) is 12.0 Å². The van der Waals surface area contributed by atoms with Crippen LogP contribution >= 0.6 is 11.6 Å². The largest absolute Gasteiger partial charge is 0.478 e. The molecule has 0 bridgehead atoms. The first-order valence-electron chi connectivity index (χ1n) is 4.98. The highest BCUT2D eigenvalue weighted by Gasteiger charge is 2.58. The number of alkyl halides is 2. The average molecular weight is 259 g/mol. The minimum absolute atomic E-state index is 0.152. The first-order valence-corrected chi connectivity index (χ1v) is 5.36. The molecule has 1 aliphatic carbocycles. The van der Waals surface area contributed by atoms with E-state index < -0.39 is 17.8 Å². The van der Waals surface area contributed by atoms with E-state index in [4.69, 9.17) is 16.7 Å². The Morgan fingerprint density at radius 1 is 1.41 bits per heavy atom. The number of carbonyl (C=O) groups is 1. The van der Waals surface area contributed by atoms with Gasteiger partial charge in [-0.25, -0.2) is 13.6 Å². The fourth-order valence-corrected chi connectivity index (χ4v) is 1.84. The van der Waals surface area contributed by atoms with Crippen molar-refractivity contribution in [2.45, 2.75) is 12.3 Å². The zero-order valence-corrected chi connectivity index (χ0v) is 9.42. The van der Waals surface area contributed by atoms with Gasteiger partial charge in [-0.3, -0.25) is 0 Å². The highest BCUT2D eigenvalue weighted by Crippen LogP contribution is 2.55. The molecule has 0 heterocycles. The number of aliphatic carboxylic acids is 1. The standard InChI is InChI=1S/C12H9ClF2O2/c13-8-3-1-7(2-4-8)9(5-11(16)17)10-6-12(10,14)15/h1-5,10H,6H2,(H,16,17)/b9-5+. The van der Waals surface area contributed by atoms with Crippen molar-refractivity contribution in [3.8, 4) is 0 Å². The van der Waals surface area contributed by atoms with Crippen LogP contribution < -0.4 is 0 Å². The molecule has 0 saturated heterocycles. The van der Waals surface area contributed by atoms with Gasteiger partial charge in [0.05, 0.1) is 5.92 Å². The van der Waals surface area contributed by atoms with Crippen molar-refractivity contribution in [2.75, 3.05) is 0 Å². The van der Waals surface area contributed by atoms with Gasteiger partial charge in [0.2, 0.25) is 0 Å². The molecule has 1 aromatic rings. The summed E-state index contributed by atoms with van der Waals surface area (Å²) < 4.78 is 26.0. The van der Waals surface area contributed by atoms with Crippen LogP contribution in [0.25, 0.3) is 5.57 Å². The van der Waals surface area contributed by atoms with E-state index >= 15 is 0 Å². The molecule has 1 atom stereocenters. The summed E-state index contributed by atoms with van der Waals surface area (Å²) in [4.78, 5) is 10.6. The van der Waals surface area contributed by atoms with Gasteiger partial charge in [-0.1, -0.05) is 23.7 Å². The number of carboxylic acids is 1. The topological polar surface area (TPSA) is 37.3 Å². The summed E-state index contributed by atoms with van der Waals surface area (Å²) >= 11 is 5.69. The number of carboxylic acid groups (broad SMARTS) is 1. The van der Waals surface area contributed by atoms with Crippen molar-refractivity contribution in [2.24, 2.45) is 5.92 Å². The van der Waals surface area contributed by atoms with E-state index in [1.807, 2.05) is 0 Å². The van der Waals surface area contributed by atoms with Crippen LogP contribution in [0.1, 0.15) is 12.0 Å². The molecule has 1 fully saturated rings. The lowest BCUT2D eigenvalue weighted by molar-refractivity contribution is -0.131. The van der Waals surface area contributed by atoms with Crippen molar-refractivity contribution in [1.29, 1.82) is 0 Å². The van der Waals surface area contributed by atoms with Crippen LogP contribution in [0.5, 0.6) is 0 Å². The highest BCUT2D eigenvalue weighted by molar-refractivity contribution is 6.30. The van der Waals surface area contributed by atoms with Gasteiger partial charge < -0.3 is 5.11 Å².